The zero-order valence-corrected chi connectivity index (χ0v) is 16.9. The summed E-state index contributed by atoms with van der Waals surface area (Å²) in [5.41, 5.74) is -0.127. The first-order valence-electron chi connectivity index (χ1n) is 9.78. The van der Waals surface area contributed by atoms with Crippen molar-refractivity contribution >= 4 is 11.8 Å². The maximum absolute atomic E-state index is 12.6. The zero-order valence-electron chi connectivity index (χ0n) is 16.9. The molecular weight excluding hydrogens is 376 g/mol. The molecule has 2 aromatic rings. The minimum absolute atomic E-state index is 0.0429. The number of hydrogen-bond donors (Lipinski definition) is 1. The standard InChI is InChI=1S/C19H26N6O4/c1-12(2)21-17(27)14-4-7-24(8-5-14)16(26)6-9-25-11-20-10-15(19(25)28)18-22-13(3)23-29-18/h10-12,14H,4-9H2,1-3H3,(H,21,27). The van der Waals surface area contributed by atoms with E-state index in [-0.39, 0.29) is 53.8 Å². The van der Waals surface area contributed by atoms with Crippen molar-refractivity contribution in [3.63, 3.8) is 0 Å². The molecule has 3 heterocycles. The number of nitrogens with zero attached hydrogens (tertiary/aromatic N) is 5. The molecule has 1 aliphatic heterocycles. The number of likely N-dealkylation sites (tertiary alicyclic amines) is 1. The van der Waals surface area contributed by atoms with Crippen LogP contribution < -0.4 is 10.9 Å². The van der Waals surface area contributed by atoms with Gasteiger partial charge in [-0.2, -0.15) is 4.98 Å². The fraction of sp³-hybridized carbons (Fsp3) is 0.579. The Morgan fingerprint density at radius 1 is 1.31 bits per heavy atom. The summed E-state index contributed by atoms with van der Waals surface area (Å²) in [6.45, 7) is 6.83. The second-order valence-electron chi connectivity index (χ2n) is 7.52. The third-order valence-corrected chi connectivity index (χ3v) is 4.87. The van der Waals surface area contributed by atoms with E-state index in [9.17, 15) is 14.4 Å². The van der Waals surface area contributed by atoms with Gasteiger partial charge in [0.1, 0.15) is 5.56 Å². The molecule has 156 valence electrons. The fourth-order valence-corrected chi connectivity index (χ4v) is 3.33. The van der Waals surface area contributed by atoms with Crippen LogP contribution in [0.25, 0.3) is 11.5 Å². The Morgan fingerprint density at radius 3 is 2.66 bits per heavy atom. The van der Waals surface area contributed by atoms with E-state index in [0.717, 1.165) is 0 Å². The Kier molecular flexibility index (Phi) is 6.40. The molecule has 0 aliphatic carbocycles. The van der Waals surface area contributed by atoms with Gasteiger partial charge in [0.15, 0.2) is 5.82 Å². The van der Waals surface area contributed by atoms with Crippen molar-refractivity contribution in [3.05, 3.63) is 28.7 Å². The van der Waals surface area contributed by atoms with Gasteiger partial charge < -0.3 is 14.7 Å². The highest BCUT2D eigenvalue weighted by Crippen LogP contribution is 2.18. The molecule has 0 aromatic carbocycles. The molecule has 10 nitrogen and oxygen atoms in total. The molecule has 0 unspecified atom stereocenters. The van der Waals surface area contributed by atoms with Gasteiger partial charge >= 0.3 is 0 Å². The van der Waals surface area contributed by atoms with E-state index in [1.807, 2.05) is 13.8 Å². The highest BCUT2D eigenvalue weighted by Gasteiger charge is 2.27. The van der Waals surface area contributed by atoms with E-state index in [4.69, 9.17) is 4.52 Å². The van der Waals surface area contributed by atoms with Gasteiger partial charge in [-0.15, -0.1) is 0 Å². The maximum atomic E-state index is 12.6. The lowest BCUT2D eigenvalue weighted by atomic mass is 9.95. The average molecular weight is 402 g/mol. The molecule has 1 N–H and O–H groups in total. The van der Waals surface area contributed by atoms with E-state index in [1.165, 1.54) is 17.1 Å². The number of aryl methyl sites for hydroxylation is 2. The second kappa shape index (κ2) is 8.97. The Labute approximate surface area is 168 Å². The smallest absolute Gasteiger partial charge is 0.266 e. The van der Waals surface area contributed by atoms with E-state index in [1.54, 1.807) is 11.8 Å². The van der Waals surface area contributed by atoms with Crippen molar-refractivity contribution in [1.29, 1.82) is 0 Å². The molecule has 10 heteroatoms. The molecule has 0 saturated carbocycles. The van der Waals surface area contributed by atoms with Crippen LogP contribution in [0.1, 0.15) is 38.9 Å². The number of hydrogen-bond acceptors (Lipinski definition) is 7. The molecule has 1 saturated heterocycles. The lowest BCUT2D eigenvalue weighted by molar-refractivity contribution is -0.136. The maximum Gasteiger partial charge on any atom is 0.266 e. The van der Waals surface area contributed by atoms with Crippen LogP contribution >= 0.6 is 0 Å². The molecular formula is C19H26N6O4. The van der Waals surface area contributed by atoms with Crippen molar-refractivity contribution in [2.24, 2.45) is 5.92 Å². The van der Waals surface area contributed by atoms with E-state index < -0.39 is 0 Å². The molecule has 2 amide bonds. The number of carbonyl (C=O) groups is 2. The van der Waals surface area contributed by atoms with Crippen LogP contribution in [0, 0.1) is 12.8 Å². The predicted molar refractivity (Wildman–Crippen MR) is 104 cm³/mol. The Morgan fingerprint density at radius 2 is 2.03 bits per heavy atom. The summed E-state index contributed by atoms with van der Waals surface area (Å²) in [6.07, 6.45) is 4.25. The average Bonchev–Trinajstić information content (AvgIpc) is 3.12. The van der Waals surface area contributed by atoms with Crippen LogP contribution in [0.5, 0.6) is 0 Å². The molecule has 1 aliphatic rings. The highest BCUT2D eigenvalue weighted by molar-refractivity contribution is 5.80. The normalized spacial score (nSPS) is 15.0. The molecule has 29 heavy (non-hydrogen) atoms. The molecule has 2 aromatic heterocycles. The van der Waals surface area contributed by atoms with Crippen molar-refractivity contribution < 1.29 is 14.1 Å². The van der Waals surface area contributed by atoms with Crippen LogP contribution in [-0.2, 0) is 16.1 Å². The minimum Gasteiger partial charge on any atom is -0.354 e. The van der Waals surface area contributed by atoms with Crippen molar-refractivity contribution in [2.75, 3.05) is 13.1 Å². The molecule has 0 radical (unpaired) electrons. The van der Waals surface area contributed by atoms with Crippen LogP contribution in [0.4, 0.5) is 0 Å². The SMILES string of the molecule is Cc1noc(-c2cncn(CCC(=O)N3CCC(C(=O)NC(C)C)CC3)c2=O)n1. The van der Waals surface area contributed by atoms with Gasteiger partial charge in [0.25, 0.3) is 11.4 Å². The zero-order chi connectivity index (χ0) is 21.0. The number of carbonyl (C=O) groups excluding carboxylic acids is 2. The lowest BCUT2D eigenvalue weighted by Gasteiger charge is -2.31. The second-order valence-corrected chi connectivity index (χ2v) is 7.52. The fourth-order valence-electron chi connectivity index (χ4n) is 3.33. The molecule has 0 bridgehead atoms. The topological polar surface area (TPSA) is 123 Å². The summed E-state index contributed by atoms with van der Waals surface area (Å²) in [6, 6.07) is 0.112. The van der Waals surface area contributed by atoms with E-state index >= 15 is 0 Å². The molecule has 0 spiro atoms. The Bertz CT molecular complexity index is 927. The van der Waals surface area contributed by atoms with Crippen LogP contribution in [0.3, 0.4) is 0 Å². The van der Waals surface area contributed by atoms with Gasteiger partial charge in [0, 0.05) is 44.2 Å². The summed E-state index contributed by atoms with van der Waals surface area (Å²) in [7, 11) is 0. The van der Waals surface area contributed by atoms with Crippen LogP contribution in [-0.4, -0.2) is 55.5 Å². The first kappa shape index (κ1) is 20.7. The summed E-state index contributed by atoms with van der Waals surface area (Å²) in [4.78, 5) is 47.1. The lowest BCUT2D eigenvalue weighted by Crippen LogP contribution is -2.44. The number of rotatable bonds is 6. The van der Waals surface area contributed by atoms with Gasteiger partial charge in [-0.25, -0.2) is 4.98 Å². The Balaban J connectivity index is 1.55. The summed E-state index contributed by atoms with van der Waals surface area (Å²) in [5.74, 6) is 0.497. The van der Waals surface area contributed by atoms with Crippen molar-refractivity contribution in [2.45, 2.75) is 52.6 Å². The first-order valence-corrected chi connectivity index (χ1v) is 9.78. The Hall–Kier alpha value is -3.04. The number of aromatic nitrogens is 4. The van der Waals surface area contributed by atoms with Crippen LogP contribution in [0.15, 0.2) is 21.8 Å². The van der Waals surface area contributed by atoms with E-state index in [0.29, 0.717) is 31.8 Å². The number of nitrogens with one attached hydrogen (secondary N) is 1. The van der Waals surface area contributed by atoms with Crippen LogP contribution in [0.2, 0.25) is 0 Å². The number of amides is 2. The first-order chi connectivity index (χ1) is 13.8. The number of piperidine rings is 1. The van der Waals surface area contributed by atoms with Crippen molar-refractivity contribution in [1.82, 2.24) is 29.9 Å². The van der Waals surface area contributed by atoms with Gasteiger partial charge in [0.2, 0.25) is 11.8 Å². The van der Waals surface area contributed by atoms with Gasteiger partial charge in [-0.05, 0) is 33.6 Å². The quantitative estimate of drug-likeness (QED) is 0.756. The van der Waals surface area contributed by atoms with Gasteiger partial charge in [0.05, 0.1) is 6.33 Å². The minimum atomic E-state index is -0.333. The molecule has 3 rings (SSSR count). The van der Waals surface area contributed by atoms with Crippen molar-refractivity contribution in [3.8, 4) is 11.5 Å². The monoisotopic (exact) mass is 402 g/mol. The summed E-state index contributed by atoms with van der Waals surface area (Å²) in [5, 5.41) is 6.61. The van der Waals surface area contributed by atoms with E-state index in [2.05, 4.69) is 20.4 Å². The molecule has 1 fully saturated rings. The summed E-state index contributed by atoms with van der Waals surface area (Å²) >= 11 is 0. The van der Waals surface area contributed by atoms with Gasteiger partial charge in [-0.1, -0.05) is 5.16 Å². The highest BCUT2D eigenvalue weighted by atomic mass is 16.5. The van der Waals surface area contributed by atoms with Gasteiger partial charge in [-0.3, -0.25) is 19.0 Å². The molecule has 0 atom stereocenters. The largest absolute Gasteiger partial charge is 0.354 e. The third-order valence-electron chi connectivity index (χ3n) is 4.87. The predicted octanol–water partition coefficient (Wildman–Crippen LogP) is 0.755. The third kappa shape index (κ3) is 5.07. The summed E-state index contributed by atoms with van der Waals surface area (Å²) < 4.78 is 6.41.